The van der Waals surface area contributed by atoms with E-state index in [-0.39, 0.29) is 12.2 Å². The van der Waals surface area contributed by atoms with Gasteiger partial charge in [-0.2, -0.15) is 0 Å². The number of ether oxygens (including phenoxy) is 1. The molecule has 1 N–H and O–H groups in total. The average molecular weight is 268 g/mol. The first-order chi connectivity index (χ1) is 9.27. The fraction of sp³-hybridized carbons (Fsp3) is 0.933. The predicted molar refractivity (Wildman–Crippen MR) is 75.8 cm³/mol. The molecule has 110 valence electrons. The van der Waals surface area contributed by atoms with Crippen molar-refractivity contribution in [2.45, 2.75) is 64.1 Å². The van der Waals surface area contributed by atoms with Gasteiger partial charge in [0.15, 0.2) is 0 Å². The Balaban J connectivity index is 1.99. The molecule has 0 radical (unpaired) electrons. The third kappa shape index (κ3) is 3.48. The van der Waals surface area contributed by atoms with E-state index >= 15 is 0 Å². The number of carbonyl (C=O) groups excluding carboxylic acids is 1. The molecule has 0 spiro atoms. The van der Waals surface area contributed by atoms with E-state index in [1.54, 1.807) is 7.11 Å². The van der Waals surface area contributed by atoms with Crippen molar-refractivity contribution in [1.82, 2.24) is 10.2 Å². The Morgan fingerprint density at radius 1 is 1.37 bits per heavy atom. The van der Waals surface area contributed by atoms with Gasteiger partial charge in [-0.3, -0.25) is 10.1 Å². The van der Waals surface area contributed by atoms with Gasteiger partial charge < -0.3 is 9.64 Å². The van der Waals surface area contributed by atoms with Crippen LogP contribution in [0, 0.1) is 5.92 Å². The second-order valence-electron chi connectivity index (χ2n) is 5.88. The lowest BCUT2D eigenvalue weighted by atomic mass is 10.0. The van der Waals surface area contributed by atoms with E-state index in [1.807, 2.05) is 4.90 Å². The Bertz CT molecular complexity index is 290. The zero-order chi connectivity index (χ0) is 13.7. The van der Waals surface area contributed by atoms with Gasteiger partial charge in [0, 0.05) is 13.7 Å². The number of nitrogens with zero attached hydrogens (tertiary/aromatic N) is 1. The molecule has 0 bridgehead atoms. The Morgan fingerprint density at radius 3 is 2.74 bits per heavy atom. The van der Waals surface area contributed by atoms with E-state index in [9.17, 15) is 4.79 Å². The number of nitrogens with one attached hydrogen (secondary N) is 1. The minimum Gasteiger partial charge on any atom is -0.383 e. The van der Waals surface area contributed by atoms with E-state index in [4.69, 9.17) is 4.74 Å². The molecule has 1 aliphatic heterocycles. The van der Waals surface area contributed by atoms with Crippen LogP contribution in [0.2, 0.25) is 0 Å². The van der Waals surface area contributed by atoms with Crippen molar-refractivity contribution in [3.8, 4) is 0 Å². The largest absolute Gasteiger partial charge is 0.383 e. The maximum absolute atomic E-state index is 12.5. The van der Waals surface area contributed by atoms with Crippen molar-refractivity contribution in [3.63, 3.8) is 0 Å². The summed E-state index contributed by atoms with van der Waals surface area (Å²) in [6.45, 7) is 3.54. The Labute approximate surface area is 116 Å². The number of rotatable bonds is 7. The van der Waals surface area contributed by atoms with E-state index in [1.165, 1.54) is 25.7 Å². The van der Waals surface area contributed by atoms with Crippen molar-refractivity contribution >= 4 is 5.91 Å². The second kappa shape index (κ2) is 7.25. The van der Waals surface area contributed by atoms with Crippen LogP contribution in [0.4, 0.5) is 0 Å². The van der Waals surface area contributed by atoms with Gasteiger partial charge in [-0.15, -0.1) is 0 Å². The van der Waals surface area contributed by atoms with Crippen LogP contribution in [0.3, 0.4) is 0 Å². The third-order valence-electron chi connectivity index (χ3n) is 4.52. The number of carbonyl (C=O) groups is 1. The van der Waals surface area contributed by atoms with Gasteiger partial charge in [0.2, 0.25) is 5.91 Å². The molecule has 2 rings (SSSR count). The maximum atomic E-state index is 12.5. The first kappa shape index (κ1) is 14.8. The number of unbranched alkanes of at least 4 members (excludes halogenated alkanes) is 1. The Morgan fingerprint density at radius 2 is 2.11 bits per heavy atom. The Hall–Kier alpha value is -0.610. The molecule has 2 atom stereocenters. The molecule has 0 aromatic carbocycles. The molecule has 0 aromatic heterocycles. The van der Waals surface area contributed by atoms with E-state index in [0.29, 0.717) is 18.4 Å². The molecule has 1 amide bonds. The van der Waals surface area contributed by atoms with Crippen LogP contribution in [0.25, 0.3) is 0 Å². The molecule has 4 nitrogen and oxygen atoms in total. The summed E-state index contributed by atoms with van der Waals surface area (Å²) >= 11 is 0. The van der Waals surface area contributed by atoms with Crippen molar-refractivity contribution in [2.24, 2.45) is 5.92 Å². The van der Waals surface area contributed by atoms with Gasteiger partial charge in [0.25, 0.3) is 0 Å². The fourth-order valence-electron chi connectivity index (χ4n) is 3.42. The van der Waals surface area contributed by atoms with Crippen molar-refractivity contribution in [1.29, 1.82) is 0 Å². The van der Waals surface area contributed by atoms with Crippen LogP contribution in [0.15, 0.2) is 0 Å². The minimum absolute atomic E-state index is 0.0439. The highest BCUT2D eigenvalue weighted by atomic mass is 16.5. The van der Waals surface area contributed by atoms with E-state index < -0.39 is 0 Å². The topological polar surface area (TPSA) is 41.6 Å². The number of hydrogen-bond acceptors (Lipinski definition) is 3. The summed E-state index contributed by atoms with van der Waals surface area (Å²) in [6.07, 6.45) is 8.65. The smallest absolute Gasteiger partial charge is 0.241 e. The molecule has 1 saturated carbocycles. The van der Waals surface area contributed by atoms with Crippen molar-refractivity contribution in [3.05, 3.63) is 0 Å². The lowest BCUT2D eigenvalue weighted by Gasteiger charge is -2.28. The normalized spacial score (nSPS) is 28.5. The van der Waals surface area contributed by atoms with Crippen molar-refractivity contribution in [2.75, 3.05) is 20.3 Å². The molecule has 19 heavy (non-hydrogen) atoms. The van der Waals surface area contributed by atoms with Gasteiger partial charge in [-0.1, -0.05) is 32.6 Å². The first-order valence-corrected chi connectivity index (χ1v) is 7.83. The van der Waals surface area contributed by atoms with Gasteiger partial charge >= 0.3 is 0 Å². The average Bonchev–Trinajstić information content (AvgIpc) is 3.03. The first-order valence-electron chi connectivity index (χ1n) is 7.83. The zero-order valence-electron chi connectivity index (χ0n) is 12.4. The highest BCUT2D eigenvalue weighted by Crippen LogP contribution is 2.32. The van der Waals surface area contributed by atoms with Crippen molar-refractivity contribution < 1.29 is 9.53 Å². The number of methoxy groups -OCH3 is 1. The molecule has 4 heteroatoms. The maximum Gasteiger partial charge on any atom is 0.241 e. The van der Waals surface area contributed by atoms with Crippen LogP contribution in [0.5, 0.6) is 0 Å². The molecule has 1 aliphatic carbocycles. The van der Waals surface area contributed by atoms with Gasteiger partial charge in [0.05, 0.1) is 18.8 Å². The highest BCUT2D eigenvalue weighted by molar-refractivity contribution is 5.84. The quantitative estimate of drug-likeness (QED) is 0.769. The lowest BCUT2D eigenvalue weighted by molar-refractivity contribution is -0.131. The SMILES string of the molecule is CCCCC1NC(C2CCCC2)N(CCOC)C1=O. The summed E-state index contributed by atoms with van der Waals surface area (Å²) in [6, 6.07) is 0.0439. The zero-order valence-corrected chi connectivity index (χ0v) is 12.4. The van der Waals surface area contributed by atoms with E-state index in [0.717, 1.165) is 25.8 Å². The Kier molecular flexibility index (Phi) is 5.64. The number of amides is 1. The monoisotopic (exact) mass is 268 g/mol. The van der Waals surface area contributed by atoms with Gasteiger partial charge in [0.1, 0.15) is 0 Å². The van der Waals surface area contributed by atoms with Gasteiger partial charge in [-0.05, 0) is 25.2 Å². The number of hydrogen-bond donors (Lipinski definition) is 1. The summed E-state index contributed by atoms with van der Waals surface area (Å²) in [5.74, 6) is 0.940. The highest BCUT2D eigenvalue weighted by Gasteiger charge is 2.42. The summed E-state index contributed by atoms with van der Waals surface area (Å²) in [5.41, 5.74) is 0. The molecule has 0 aromatic rings. The van der Waals surface area contributed by atoms with E-state index in [2.05, 4.69) is 12.2 Å². The molecule has 1 heterocycles. The fourth-order valence-corrected chi connectivity index (χ4v) is 3.42. The molecule has 1 saturated heterocycles. The third-order valence-corrected chi connectivity index (χ3v) is 4.52. The lowest BCUT2D eigenvalue weighted by Crippen LogP contribution is -2.44. The molecular formula is C15H28N2O2. The summed E-state index contributed by atoms with van der Waals surface area (Å²) in [5, 5.41) is 3.60. The molecule has 2 aliphatic rings. The standard InChI is InChI=1S/C15H28N2O2/c1-3-4-9-13-15(18)17(10-11-19-2)14(16-13)12-7-5-6-8-12/h12-14,16H,3-11H2,1-2H3. The van der Waals surface area contributed by atoms with Crippen LogP contribution < -0.4 is 5.32 Å². The second-order valence-corrected chi connectivity index (χ2v) is 5.88. The predicted octanol–water partition coefficient (Wildman–Crippen LogP) is 2.14. The summed E-state index contributed by atoms with van der Waals surface area (Å²) < 4.78 is 5.16. The van der Waals surface area contributed by atoms with Crippen LogP contribution in [0.1, 0.15) is 51.9 Å². The molecular weight excluding hydrogens is 240 g/mol. The summed E-state index contributed by atoms with van der Waals surface area (Å²) in [4.78, 5) is 14.5. The van der Waals surface area contributed by atoms with Crippen LogP contribution in [-0.2, 0) is 9.53 Å². The summed E-state index contributed by atoms with van der Waals surface area (Å²) in [7, 11) is 1.70. The van der Waals surface area contributed by atoms with Gasteiger partial charge in [-0.25, -0.2) is 0 Å². The molecule has 2 fully saturated rings. The van der Waals surface area contributed by atoms with Crippen LogP contribution in [-0.4, -0.2) is 43.3 Å². The van der Waals surface area contributed by atoms with Crippen LogP contribution >= 0.6 is 0 Å². The molecule has 2 unspecified atom stereocenters. The minimum atomic E-state index is 0.0439.